The van der Waals surface area contributed by atoms with Crippen molar-refractivity contribution < 1.29 is 13.2 Å². The van der Waals surface area contributed by atoms with Crippen molar-refractivity contribution in [2.75, 3.05) is 18.0 Å². The third-order valence-electron chi connectivity index (χ3n) is 4.90. The van der Waals surface area contributed by atoms with Crippen LogP contribution in [-0.4, -0.2) is 30.1 Å². The van der Waals surface area contributed by atoms with Gasteiger partial charge in [-0.2, -0.15) is 13.2 Å². The average Bonchev–Trinajstić information content (AvgIpc) is 2.65. The highest BCUT2D eigenvalue weighted by Crippen LogP contribution is 2.49. The van der Waals surface area contributed by atoms with Crippen LogP contribution in [0.25, 0.3) is 0 Å². The van der Waals surface area contributed by atoms with E-state index in [9.17, 15) is 13.2 Å². The molecule has 29 heavy (non-hydrogen) atoms. The van der Waals surface area contributed by atoms with E-state index in [2.05, 4.69) is 44.4 Å². The van der Waals surface area contributed by atoms with Gasteiger partial charge in [0.05, 0.1) is 30.0 Å². The predicted octanol–water partition coefficient (Wildman–Crippen LogP) is 6.43. The Kier molecular flexibility index (Phi) is 6.50. The van der Waals surface area contributed by atoms with E-state index in [1.165, 1.54) is 17.8 Å². The summed E-state index contributed by atoms with van der Waals surface area (Å²) in [6, 6.07) is 12.4. The molecule has 1 aliphatic rings. The van der Waals surface area contributed by atoms with Crippen LogP contribution in [0, 0.1) is 11.8 Å². The van der Waals surface area contributed by atoms with Crippen LogP contribution in [-0.2, 0) is 6.18 Å². The fourth-order valence-electron chi connectivity index (χ4n) is 3.42. The minimum Gasteiger partial charge on any atom is -0.328 e. The molecule has 2 aromatic carbocycles. The SMILES string of the molecule is CC(C)N(CC#CCN1c2ccccc2Sc2ccc(C(F)(F)F)cc21)C(C)C. The maximum Gasteiger partial charge on any atom is 0.416 e. The van der Waals surface area contributed by atoms with Crippen molar-refractivity contribution in [3.63, 3.8) is 0 Å². The highest BCUT2D eigenvalue weighted by atomic mass is 32.2. The van der Waals surface area contributed by atoms with Gasteiger partial charge in [-0.3, -0.25) is 4.90 Å². The topological polar surface area (TPSA) is 6.48 Å². The van der Waals surface area contributed by atoms with Gasteiger partial charge in [-0.05, 0) is 58.0 Å². The largest absolute Gasteiger partial charge is 0.416 e. The monoisotopic (exact) mass is 418 g/mol. The summed E-state index contributed by atoms with van der Waals surface area (Å²) < 4.78 is 39.8. The van der Waals surface area contributed by atoms with Crippen LogP contribution in [0.3, 0.4) is 0 Å². The highest BCUT2D eigenvalue weighted by Gasteiger charge is 2.33. The Morgan fingerprint density at radius 1 is 0.931 bits per heavy atom. The summed E-state index contributed by atoms with van der Waals surface area (Å²) in [5.41, 5.74) is 0.811. The molecule has 0 N–H and O–H groups in total. The first-order chi connectivity index (χ1) is 13.7. The van der Waals surface area contributed by atoms with E-state index in [1.54, 1.807) is 6.07 Å². The number of hydrogen-bond donors (Lipinski definition) is 0. The minimum absolute atomic E-state index is 0.343. The molecule has 0 atom stereocenters. The Hall–Kier alpha value is -2.10. The molecule has 6 heteroatoms. The molecule has 0 radical (unpaired) electrons. The second-order valence-corrected chi connectivity index (χ2v) is 8.63. The molecule has 0 fully saturated rings. The molecule has 0 aliphatic carbocycles. The Bertz CT molecular complexity index is 918. The van der Waals surface area contributed by atoms with Gasteiger partial charge in [-0.1, -0.05) is 35.7 Å². The van der Waals surface area contributed by atoms with Crippen LogP contribution in [0.1, 0.15) is 33.3 Å². The molecule has 1 aliphatic heterocycles. The number of para-hydroxylation sites is 1. The van der Waals surface area contributed by atoms with Gasteiger partial charge in [0, 0.05) is 21.9 Å². The van der Waals surface area contributed by atoms with Gasteiger partial charge in [0.25, 0.3) is 0 Å². The Balaban J connectivity index is 1.91. The van der Waals surface area contributed by atoms with E-state index in [1.807, 2.05) is 29.2 Å². The third-order valence-corrected chi connectivity index (χ3v) is 6.03. The summed E-state index contributed by atoms with van der Waals surface area (Å²) in [6.45, 7) is 9.51. The standard InChI is InChI=1S/C23H25F3N2S/c1-16(2)27(17(3)4)13-7-8-14-28-19-9-5-6-10-21(19)29-22-12-11-18(15-20(22)28)23(24,25)26/h5-6,9-12,15-17H,13-14H2,1-4H3. The lowest BCUT2D eigenvalue weighted by molar-refractivity contribution is -0.137. The molecule has 0 saturated carbocycles. The van der Waals surface area contributed by atoms with Crippen LogP contribution in [0.5, 0.6) is 0 Å². The number of benzene rings is 2. The number of hydrogen-bond acceptors (Lipinski definition) is 3. The molecule has 0 amide bonds. The zero-order chi connectivity index (χ0) is 21.2. The van der Waals surface area contributed by atoms with E-state index in [0.717, 1.165) is 21.5 Å². The summed E-state index contributed by atoms with van der Waals surface area (Å²) in [4.78, 5) is 6.00. The van der Waals surface area contributed by atoms with Gasteiger partial charge in [-0.25, -0.2) is 0 Å². The molecule has 0 aromatic heterocycles. The zero-order valence-electron chi connectivity index (χ0n) is 17.0. The van der Waals surface area contributed by atoms with E-state index in [0.29, 0.717) is 30.9 Å². The second-order valence-electron chi connectivity index (χ2n) is 7.55. The average molecular weight is 419 g/mol. The number of rotatable bonds is 4. The van der Waals surface area contributed by atoms with Crippen molar-refractivity contribution in [3.05, 3.63) is 48.0 Å². The van der Waals surface area contributed by atoms with Crippen molar-refractivity contribution in [3.8, 4) is 11.8 Å². The number of fused-ring (bicyclic) bond motifs is 2. The molecule has 0 bridgehead atoms. The zero-order valence-corrected chi connectivity index (χ0v) is 17.9. The number of halogens is 3. The van der Waals surface area contributed by atoms with Gasteiger partial charge in [0.2, 0.25) is 0 Å². The van der Waals surface area contributed by atoms with Gasteiger partial charge < -0.3 is 4.90 Å². The van der Waals surface area contributed by atoms with Crippen LogP contribution >= 0.6 is 11.8 Å². The summed E-state index contributed by atoms with van der Waals surface area (Å²) >= 11 is 1.49. The summed E-state index contributed by atoms with van der Waals surface area (Å²) in [5.74, 6) is 6.39. The van der Waals surface area contributed by atoms with Crippen molar-refractivity contribution in [2.45, 2.75) is 55.7 Å². The normalized spacial score (nSPS) is 13.4. The maximum atomic E-state index is 13.3. The number of nitrogens with zero attached hydrogens (tertiary/aromatic N) is 2. The fraction of sp³-hybridized carbons (Fsp3) is 0.391. The summed E-state index contributed by atoms with van der Waals surface area (Å²) in [6.07, 6.45) is -4.37. The van der Waals surface area contributed by atoms with Gasteiger partial charge in [-0.15, -0.1) is 0 Å². The molecule has 1 heterocycles. The van der Waals surface area contributed by atoms with E-state index < -0.39 is 11.7 Å². The number of anilines is 2. The van der Waals surface area contributed by atoms with E-state index in [-0.39, 0.29) is 0 Å². The first kappa shape index (κ1) is 21.6. The lowest BCUT2D eigenvalue weighted by Crippen LogP contribution is -2.37. The first-order valence-corrected chi connectivity index (χ1v) is 10.5. The van der Waals surface area contributed by atoms with E-state index >= 15 is 0 Å². The lowest BCUT2D eigenvalue weighted by atomic mass is 10.1. The minimum atomic E-state index is -4.37. The molecule has 154 valence electrons. The molecule has 0 spiro atoms. The fourth-order valence-corrected chi connectivity index (χ4v) is 4.50. The van der Waals surface area contributed by atoms with Crippen molar-refractivity contribution in [1.29, 1.82) is 0 Å². The van der Waals surface area contributed by atoms with Crippen LogP contribution in [0.4, 0.5) is 24.5 Å². The molecule has 3 rings (SSSR count). The van der Waals surface area contributed by atoms with Crippen molar-refractivity contribution >= 4 is 23.1 Å². The van der Waals surface area contributed by atoms with Crippen LogP contribution in [0.15, 0.2) is 52.3 Å². The summed E-state index contributed by atoms with van der Waals surface area (Å²) in [7, 11) is 0. The second kappa shape index (κ2) is 8.73. The Labute approximate surface area is 175 Å². The molecule has 2 nitrogen and oxygen atoms in total. The van der Waals surface area contributed by atoms with Gasteiger partial charge in [0.15, 0.2) is 0 Å². The van der Waals surface area contributed by atoms with Gasteiger partial charge >= 0.3 is 6.18 Å². The quantitative estimate of drug-likeness (QED) is 0.528. The van der Waals surface area contributed by atoms with Crippen molar-refractivity contribution in [1.82, 2.24) is 4.90 Å². The Morgan fingerprint density at radius 2 is 1.59 bits per heavy atom. The maximum absolute atomic E-state index is 13.3. The van der Waals surface area contributed by atoms with Crippen LogP contribution in [0.2, 0.25) is 0 Å². The summed E-state index contributed by atoms with van der Waals surface area (Å²) in [5, 5.41) is 0. The molecule has 0 unspecified atom stereocenters. The third kappa shape index (κ3) is 4.91. The highest BCUT2D eigenvalue weighted by molar-refractivity contribution is 7.99. The molecular formula is C23H25F3N2S. The van der Waals surface area contributed by atoms with Gasteiger partial charge in [0.1, 0.15) is 0 Å². The lowest BCUT2D eigenvalue weighted by Gasteiger charge is -2.32. The molecule has 0 saturated heterocycles. The predicted molar refractivity (Wildman–Crippen MR) is 114 cm³/mol. The van der Waals surface area contributed by atoms with E-state index in [4.69, 9.17) is 0 Å². The van der Waals surface area contributed by atoms with Crippen molar-refractivity contribution in [2.24, 2.45) is 0 Å². The first-order valence-electron chi connectivity index (χ1n) is 9.65. The number of alkyl halides is 3. The molecule has 2 aromatic rings. The molecular weight excluding hydrogens is 393 g/mol. The Morgan fingerprint density at radius 3 is 2.24 bits per heavy atom. The van der Waals surface area contributed by atoms with Crippen LogP contribution < -0.4 is 4.90 Å². The smallest absolute Gasteiger partial charge is 0.328 e.